The summed E-state index contributed by atoms with van der Waals surface area (Å²) in [5, 5.41) is 0. The second kappa shape index (κ2) is 9.65. The molecule has 1 aliphatic heterocycles. The van der Waals surface area contributed by atoms with Crippen molar-refractivity contribution in [3.05, 3.63) is 29.8 Å². The molecule has 1 saturated heterocycles. The third kappa shape index (κ3) is 5.29. The fourth-order valence-corrected chi connectivity index (χ4v) is 3.69. The highest BCUT2D eigenvalue weighted by Gasteiger charge is 2.33. The van der Waals surface area contributed by atoms with Crippen LogP contribution < -0.4 is 4.72 Å². The minimum atomic E-state index is -3.71. The van der Waals surface area contributed by atoms with Gasteiger partial charge in [-0.15, -0.1) is 0 Å². The van der Waals surface area contributed by atoms with Gasteiger partial charge in [-0.25, -0.2) is 22.7 Å². The zero-order valence-electron chi connectivity index (χ0n) is 15.8. The molecular weight excluding hydrogens is 388 g/mol. The summed E-state index contributed by atoms with van der Waals surface area (Å²) in [5.41, 5.74) is 0.00436. The molecule has 1 aromatic carbocycles. The summed E-state index contributed by atoms with van der Waals surface area (Å²) in [6.45, 7) is 1.75. The van der Waals surface area contributed by atoms with Crippen LogP contribution >= 0.6 is 0 Å². The molecule has 1 amide bonds. The Kier molecular flexibility index (Phi) is 7.53. The fourth-order valence-electron chi connectivity index (χ4n) is 2.92. The van der Waals surface area contributed by atoms with Crippen LogP contribution in [0.15, 0.2) is 29.2 Å². The lowest BCUT2D eigenvalue weighted by atomic mass is 10.0. The molecule has 28 heavy (non-hydrogen) atoms. The number of carbonyl (C=O) groups excluding carboxylic acids is 3. The molecule has 2 rings (SSSR count). The Morgan fingerprint density at radius 1 is 1.21 bits per heavy atom. The van der Waals surface area contributed by atoms with Gasteiger partial charge in [0, 0.05) is 6.54 Å². The molecule has 0 radical (unpaired) electrons. The first-order chi connectivity index (χ1) is 13.3. The van der Waals surface area contributed by atoms with E-state index in [1.54, 1.807) is 6.92 Å². The number of esters is 2. The van der Waals surface area contributed by atoms with Crippen LogP contribution in [0.3, 0.4) is 0 Å². The molecule has 0 aromatic heterocycles. The highest BCUT2D eigenvalue weighted by molar-refractivity contribution is 7.89. The summed E-state index contributed by atoms with van der Waals surface area (Å²) in [7, 11) is -2.45. The topological polar surface area (TPSA) is 119 Å². The van der Waals surface area contributed by atoms with Crippen molar-refractivity contribution in [2.45, 2.75) is 37.1 Å². The lowest BCUT2D eigenvalue weighted by molar-refractivity contribution is -0.157. The number of piperidine rings is 1. The normalized spacial score (nSPS) is 17.1. The van der Waals surface area contributed by atoms with Gasteiger partial charge in [-0.3, -0.25) is 4.79 Å². The predicted octanol–water partition coefficient (Wildman–Crippen LogP) is 0.696. The lowest BCUT2D eigenvalue weighted by Crippen LogP contribution is -2.50. The molecule has 154 valence electrons. The number of amides is 1. The monoisotopic (exact) mass is 412 g/mol. The SMILES string of the molecule is CCOC(=O)[C@H]1CCCCN1C(=O)COC(=O)c1cccc(S(=O)(=O)NC)c1. The van der Waals surface area contributed by atoms with Crippen molar-refractivity contribution in [3.63, 3.8) is 0 Å². The minimum Gasteiger partial charge on any atom is -0.464 e. The number of likely N-dealkylation sites (tertiary alicyclic amines) is 1. The van der Waals surface area contributed by atoms with Gasteiger partial charge < -0.3 is 14.4 Å². The number of hydrogen-bond acceptors (Lipinski definition) is 7. The van der Waals surface area contributed by atoms with E-state index in [9.17, 15) is 22.8 Å². The predicted molar refractivity (Wildman–Crippen MR) is 99.0 cm³/mol. The molecule has 0 bridgehead atoms. The average molecular weight is 412 g/mol. The summed E-state index contributed by atoms with van der Waals surface area (Å²) in [5.74, 6) is -1.79. The molecule has 0 saturated carbocycles. The quantitative estimate of drug-likeness (QED) is 0.655. The van der Waals surface area contributed by atoms with Gasteiger partial charge in [-0.1, -0.05) is 6.07 Å². The Morgan fingerprint density at radius 3 is 2.64 bits per heavy atom. The Labute approximate surface area is 164 Å². The first-order valence-corrected chi connectivity index (χ1v) is 10.4. The zero-order chi connectivity index (χ0) is 20.7. The molecule has 0 spiro atoms. The molecule has 1 aromatic rings. The van der Waals surface area contributed by atoms with E-state index in [1.165, 1.54) is 36.2 Å². The van der Waals surface area contributed by atoms with Crippen LogP contribution in [0.5, 0.6) is 0 Å². The van der Waals surface area contributed by atoms with E-state index in [-0.39, 0.29) is 17.1 Å². The van der Waals surface area contributed by atoms with Crippen molar-refractivity contribution in [1.82, 2.24) is 9.62 Å². The van der Waals surface area contributed by atoms with E-state index in [2.05, 4.69) is 4.72 Å². The molecule has 9 nitrogen and oxygen atoms in total. The van der Waals surface area contributed by atoms with Crippen LogP contribution in [-0.2, 0) is 29.1 Å². The van der Waals surface area contributed by atoms with Crippen LogP contribution in [0.4, 0.5) is 0 Å². The summed E-state index contributed by atoms with van der Waals surface area (Å²) in [4.78, 5) is 38.0. The van der Waals surface area contributed by atoms with Crippen LogP contribution in [0.1, 0.15) is 36.5 Å². The number of benzene rings is 1. The van der Waals surface area contributed by atoms with E-state index in [1.807, 2.05) is 0 Å². The highest BCUT2D eigenvalue weighted by atomic mass is 32.2. The van der Waals surface area contributed by atoms with Crippen LogP contribution in [0.25, 0.3) is 0 Å². The number of sulfonamides is 1. The smallest absolute Gasteiger partial charge is 0.338 e. The first-order valence-electron chi connectivity index (χ1n) is 8.97. The molecule has 1 heterocycles. The Balaban J connectivity index is 2.02. The van der Waals surface area contributed by atoms with Gasteiger partial charge in [0.1, 0.15) is 6.04 Å². The van der Waals surface area contributed by atoms with Crippen LogP contribution in [0, 0.1) is 0 Å². The Morgan fingerprint density at radius 2 is 1.96 bits per heavy atom. The number of carbonyl (C=O) groups is 3. The van der Waals surface area contributed by atoms with E-state index in [0.29, 0.717) is 13.0 Å². The van der Waals surface area contributed by atoms with Gasteiger partial charge in [-0.2, -0.15) is 0 Å². The zero-order valence-corrected chi connectivity index (χ0v) is 16.7. The van der Waals surface area contributed by atoms with Gasteiger partial charge in [0.15, 0.2) is 6.61 Å². The van der Waals surface area contributed by atoms with Crippen molar-refractivity contribution in [2.24, 2.45) is 0 Å². The highest BCUT2D eigenvalue weighted by Crippen LogP contribution is 2.19. The van der Waals surface area contributed by atoms with Gasteiger partial charge >= 0.3 is 11.9 Å². The summed E-state index contributed by atoms with van der Waals surface area (Å²) in [6, 6.07) is 4.63. The second-order valence-electron chi connectivity index (χ2n) is 6.16. The van der Waals surface area contributed by atoms with Crippen molar-refractivity contribution in [1.29, 1.82) is 0 Å². The standard InChI is InChI=1S/C18H24N2O7S/c1-3-26-18(23)15-9-4-5-10-20(15)16(21)12-27-17(22)13-7-6-8-14(11-13)28(24,25)19-2/h6-8,11,15,19H,3-5,9-10,12H2,1-2H3/t15-/m1/s1. The summed E-state index contributed by atoms with van der Waals surface area (Å²) >= 11 is 0. The number of nitrogens with zero attached hydrogens (tertiary/aromatic N) is 1. The number of hydrogen-bond donors (Lipinski definition) is 1. The minimum absolute atomic E-state index is 0.00436. The van der Waals surface area contributed by atoms with Crippen LogP contribution in [0.2, 0.25) is 0 Å². The van der Waals surface area contributed by atoms with Crippen molar-refractivity contribution in [2.75, 3.05) is 26.8 Å². The van der Waals surface area contributed by atoms with Crippen molar-refractivity contribution >= 4 is 27.9 Å². The maximum Gasteiger partial charge on any atom is 0.338 e. The molecule has 1 aliphatic rings. The maximum absolute atomic E-state index is 12.5. The molecule has 10 heteroatoms. The van der Waals surface area contributed by atoms with Crippen molar-refractivity contribution < 1.29 is 32.3 Å². The second-order valence-corrected chi connectivity index (χ2v) is 8.05. The molecule has 0 unspecified atom stereocenters. The summed E-state index contributed by atoms with van der Waals surface area (Å²) in [6.07, 6.45) is 2.06. The number of nitrogens with one attached hydrogen (secondary N) is 1. The molecule has 1 fully saturated rings. The molecule has 0 aliphatic carbocycles. The lowest BCUT2D eigenvalue weighted by Gasteiger charge is -2.33. The van der Waals surface area contributed by atoms with Crippen molar-refractivity contribution in [3.8, 4) is 0 Å². The van der Waals surface area contributed by atoms with E-state index >= 15 is 0 Å². The van der Waals surface area contributed by atoms with Crippen LogP contribution in [-0.4, -0.2) is 64.0 Å². The molecule has 1 N–H and O–H groups in total. The fraction of sp³-hybridized carbons (Fsp3) is 0.500. The Hall–Kier alpha value is -2.46. The number of ether oxygens (including phenoxy) is 2. The van der Waals surface area contributed by atoms with Gasteiger partial charge in [-0.05, 0) is 51.4 Å². The van der Waals surface area contributed by atoms with E-state index in [4.69, 9.17) is 9.47 Å². The largest absolute Gasteiger partial charge is 0.464 e. The maximum atomic E-state index is 12.5. The Bertz CT molecular complexity index is 838. The third-order valence-electron chi connectivity index (χ3n) is 4.36. The third-order valence-corrected chi connectivity index (χ3v) is 5.77. The molecular formula is C18H24N2O7S. The van der Waals surface area contributed by atoms with E-state index < -0.39 is 40.5 Å². The molecule has 1 atom stereocenters. The van der Waals surface area contributed by atoms with Gasteiger partial charge in [0.2, 0.25) is 10.0 Å². The number of rotatable bonds is 7. The van der Waals surface area contributed by atoms with Gasteiger partial charge in [0.05, 0.1) is 17.1 Å². The summed E-state index contributed by atoms with van der Waals surface area (Å²) < 4.78 is 35.9. The van der Waals surface area contributed by atoms with Gasteiger partial charge in [0.25, 0.3) is 5.91 Å². The van der Waals surface area contributed by atoms with E-state index in [0.717, 1.165) is 12.8 Å². The first kappa shape index (κ1) is 21.8. The average Bonchev–Trinajstić information content (AvgIpc) is 2.72.